The zero-order chi connectivity index (χ0) is 25.5. The van der Waals surface area contributed by atoms with Gasteiger partial charge < -0.3 is 15.0 Å². The molecule has 0 radical (unpaired) electrons. The second-order valence-corrected chi connectivity index (χ2v) is 9.99. The second kappa shape index (κ2) is 9.71. The Morgan fingerprint density at radius 2 is 2.06 bits per heavy atom. The molecule has 2 aromatic rings. The summed E-state index contributed by atoms with van der Waals surface area (Å²) in [5, 5.41) is 2.90. The number of nitrogens with zero attached hydrogens (tertiary/aromatic N) is 3. The molecule has 0 bridgehead atoms. The number of alkyl halides is 4. The van der Waals surface area contributed by atoms with Gasteiger partial charge in [0.05, 0.1) is 18.0 Å². The minimum absolute atomic E-state index is 0.0370. The highest BCUT2D eigenvalue weighted by Gasteiger charge is 2.46. The van der Waals surface area contributed by atoms with Crippen LogP contribution in [0.3, 0.4) is 0 Å². The van der Waals surface area contributed by atoms with Gasteiger partial charge in [0.25, 0.3) is 18.3 Å². The second-order valence-electron chi connectivity index (χ2n) is 8.99. The zero-order valence-electron chi connectivity index (χ0n) is 19.5. The van der Waals surface area contributed by atoms with Gasteiger partial charge in [0, 0.05) is 35.8 Å². The Morgan fingerprint density at radius 1 is 1.34 bits per heavy atom. The number of pyridine rings is 1. The molecule has 1 aliphatic heterocycles. The van der Waals surface area contributed by atoms with Gasteiger partial charge in [0.2, 0.25) is 5.01 Å². The minimum Gasteiger partial charge on any atom is -0.461 e. The number of hydrogen-bond donors (Lipinski definition) is 1. The Balaban J connectivity index is 1.76. The van der Waals surface area contributed by atoms with Crippen LogP contribution in [-0.4, -0.2) is 57.9 Å². The molecule has 2 aliphatic rings. The van der Waals surface area contributed by atoms with E-state index < -0.39 is 48.8 Å². The third-order valence-electron chi connectivity index (χ3n) is 6.19. The molecule has 2 atom stereocenters. The number of likely N-dealkylation sites (tertiary alicyclic amines) is 1. The van der Waals surface area contributed by atoms with Crippen LogP contribution in [0.1, 0.15) is 72.3 Å². The van der Waals surface area contributed by atoms with Crippen molar-refractivity contribution >= 4 is 29.0 Å². The zero-order valence-corrected chi connectivity index (χ0v) is 20.3. The van der Waals surface area contributed by atoms with E-state index in [1.54, 1.807) is 6.92 Å². The minimum atomic E-state index is -3.07. The van der Waals surface area contributed by atoms with Gasteiger partial charge in [-0.3, -0.25) is 4.79 Å². The molecule has 1 amide bonds. The van der Waals surface area contributed by atoms with Crippen molar-refractivity contribution < 1.29 is 31.9 Å². The molecule has 3 heterocycles. The Bertz CT molecular complexity index is 1120. The number of anilines is 1. The van der Waals surface area contributed by atoms with Crippen molar-refractivity contribution in [1.29, 1.82) is 0 Å². The number of esters is 1. The summed E-state index contributed by atoms with van der Waals surface area (Å²) < 4.78 is 61.1. The molecule has 12 heteroatoms. The molecule has 1 saturated carbocycles. The number of hydrogen-bond acceptors (Lipinski definition) is 7. The molecule has 35 heavy (non-hydrogen) atoms. The van der Waals surface area contributed by atoms with Crippen molar-refractivity contribution in [2.75, 3.05) is 18.5 Å². The Morgan fingerprint density at radius 3 is 2.63 bits per heavy atom. The predicted molar refractivity (Wildman–Crippen MR) is 122 cm³/mol. The van der Waals surface area contributed by atoms with E-state index in [2.05, 4.69) is 15.3 Å². The molecule has 0 unspecified atom stereocenters. The van der Waals surface area contributed by atoms with Crippen LogP contribution in [0.5, 0.6) is 0 Å². The van der Waals surface area contributed by atoms with Crippen molar-refractivity contribution in [3.05, 3.63) is 28.5 Å². The maximum atomic E-state index is 14.1. The fourth-order valence-electron chi connectivity index (χ4n) is 4.22. The van der Waals surface area contributed by atoms with Gasteiger partial charge in [0.1, 0.15) is 11.5 Å². The topological polar surface area (TPSA) is 84.4 Å². The van der Waals surface area contributed by atoms with Gasteiger partial charge in [-0.05, 0) is 45.6 Å². The summed E-state index contributed by atoms with van der Waals surface area (Å²) in [6.07, 6.45) is -0.122. The number of ether oxygens (including phenoxy) is 1. The maximum absolute atomic E-state index is 14.1. The van der Waals surface area contributed by atoms with Gasteiger partial charge in [-0.25, -0.2) is 32.3 Å². The van der Waals surface area contributed by atoms with Crippen molar-refractivity contribution in [3.8, 4) is 10.4 Å². The van der Waals surface area contributed by atoms with Crippen molar-refractivity contribution in [3.63, 3.8) is 0 Å². The van der Waals surface area contributed by atoms with Gasteiger partial charge in [-0.2, -0.15) is 0 Å². The molecule has 1 aliphatic carbocycles. The van der Waals surface area contributed by atoms with Gasteiger partial charge >= 0.3 is 5.97 Å². The molecule has 7 nitrogen and oxygen atoms in total. The fraction of sp³-hybridized carbons (Fsp3) is 0.565. The highest BCUT2D eigenvalue weighted by molar-refractivity contribution is 7.17. The number of rotatable bonds is 8. The van der Waals surface area contributed by atoms with Gasteiger partial charge in [0.15, 0.2) is 0 Å². The summed E-state index contributed by atoms with van der Waals surface area (Å²) >= 11 is 0.701. The molecule has 2 aromatic heterocycles. The van der Waals surface area contributed by atoms with E-state index in [-0.39, 0.29) is 39.6 Å². The molecular formula is C23H26F4N4O3S. The Hall–Kier alpha value is -2.76. The summed E-state index contributed by atoms with van der Waals surface area (Å²) in [7, 11) is 0. The van der Waals surface area contributed by atoms with Crippen LogP contribution in [0.15, 0.2) is 12.3 Å². The van der Waals surface area contributed by atoms with Crippen molar-refractivity contribution in [1.82, 2.24) is 14.9 Å². The van der Waals surface area contributed by atoms with E-state index in [0.29, 0.717) is 17.3 Å². The molecule has 0 spiro atoms. The van der Waals surface area contributed by atoms with Crippen LogP contribution in [0.4, 0.5) is 23.4 Å². The fourth-order valence-corrected chi connectivity index (χ4v) is 5.20. The Labute approximate surface area is 203 Å². The number of carbonyl (C=O) groups excluding carboxylic acids is 2. The van der Waals surface area contributed by atoms with E-state index >= 15 is 0 Å². The number of carbonyl (C=O) groups is 2. The SMILES string of the molecule is CCOC(=O)c1nc(C(=O)N2CC(F)(F)C[C@@H]2C)c(-c2cnc(N[C@@H](C)C3CC3)cc2C(F)F)s1. The first kappa shape index (κ1) is 25.3. The molecule has 4 rings (SSSR count). The largest absolute Gasteiger partial charge is 0.461 e. The number of aromatic nitrogens is 2. The predicted octanol–water partition coefficient (Wildman–Crippen LogP) is 5.40. The van der Waals surface area contributed by atoms with Crippen LogP contribution < -0.4 is 5.32 Å². The molecule has 190 valence electrons. The highest BCUT2D eigenvalue weighted by atomic mass is 32.1. The first-order valence-electron chi connectivity index (χ1n) is 11.4. The molecule has 1 N–H and O–H groups in total. The smallest absolute Gasteiger partial charge is 0.367 e. The third-order valence-corrected chi connectivity index (χ3v) is 7.26. The van der Waals surface area contributed by atoms with Crippen molar-refractivity contribution in [2.45, 2.75) is 64.5 Å². The molecule has 2 fully saturated rings. The third kappa shape index (κ3) is 5.41. The summed E-state index contributed by atoms with van der Waals surface area (Å²) in [5.74, 6) is -4.04. The lowest BCUT2D eigenvalue weighted by molar-refractivity contribution is 0.0117. The van der Waals surface area contributed by atoms with Crippen LogP contribution in [-0.2, 0) is 4.74 Å². The van der Waals surface area contributed by atoms with Crippen LogP contribution in [0.25, 0.3) is 10.4 Å². The lowest BCUT2D eigenvalue weighted by atomic mass is 10.1. The summed E-state index contributed by atoms with van der Waals surface area (Å²) in [5.41, 5.74) is -0.837. The number of thiazole rings is 1. The average Bonchev–Trinajstić information content (AvgIpc) is 3.48. The number of nitrogens with one attached hydrogen (secondary N) is 1. The first-order valence-corrected chi connectivity index (χ1v) is 12.2. The molecule has 0 aromatic carbocycles. The normalized spacial score (nSPS) is 20.2. The first-order chi connectivity index (χ1) is 16.5. The van der Waals surface area contributed by atoms with Crippen LogP contribution >= 0.6 is 11.3 Å². The lowest BCUT2D eigenvalue weighted by Gasteiger charge is -2.20. The maximum Gasteiger partial charge on any atom is 0.367 e. The van der Waals surface area contributed by atoms with E-state index in [1.165, 1.54) is 19.2 Å². The molecular weight excluding hydrogens is 488 g/mol. The van der Waals surface area contributed by atoms with Gasteiger partial charge in [-0.1, -0.05) is 0 Å². The Kier molecular flexibility index (Phi) is 7.03. The van der Waals surface area contributed by atoms with Crippen LogP contribution in [0.2, 0.25) is 0 Å². The average molecular weight is 515 g/mol. The van der Waals surface area contributed by atoms with E-state index in [1.807, 2.05) is 6.92 Å². The van der Waals surface area contributed by atoms with Crippen molar-refractivity contribution in [2.24, 2.45) is 5.92 Å². The monoisotopic (exact) mass is 514 g/mol. The quantitative estimate of drug-likeness (QED) is 0.375. The van der Waals surface area contributed by atoms with E-state index in [4.69, 9.17) is 4.74 Å². The number of halogens is 4. The van der Waals surface area contributed by atoms with E-state index in [0.717, 1.165) is 17.7 Å². The van der Waals surface area contributed by atoms with Crippen LogP contribution in [0, 0.1) is 5.92 Å². The van der Waals surface area contributed by atoms with Gasteiger partial charge in [-0.15, -0.1) is 11.3 Å². The van der Waals surface area contributed by atoms with E-state index in [9.17, 15) is 27.2 Å². The summed E-state index contributed by atoms with van der Waals surface area (Å²) in [6.45, 7) is 4.23. The summed E-state index contributed by atoms with van der Waals surface area (Å²) in [6, 6.07) is 0.484. The number of amides is 1. The highest BCUT2D eigenvalue weighted by Crippen LogP contribution is 2.41. The molecule has 1 saturated heterocycles. The lowest BCUT2D eigenvalue weighted by Crippen LogP contribution is -2.35. The standard InChI is InChI=1S/C23H26F4N4O3S/c1-4-34-22(33)20-30-17(21(32)31-10-23(26,27)8-11(31)2)18(35-20)15-9-28-16(7-14(15)19(24)25)29-12(3)13-5-6-13/h7,9,11-13,19H,4-6,8,10H2,1-3H3,(H,28,29)/t11-,12-/m0/s1. The summed E-state index contributed by atoms with van der Waals surface area (Å²) in [4.78, 5) is 34.8.